The van der Waals surface area contributed by atoms with Gasteiger partial charge in [-0.15, -0.1) is 11.3 Å². The molecule has 0 atom stereocenters. The molecule has 0 saturated heterocycles. The van der Waals surface area contributed by atoms with E-state index in [1.165, 1.54) is 64.3 Å². The van der Waals surface area contributed by atoms with Crippen molar-refractivity contribution in [2.45, 2.75) is 0 Å². The monoisotopic (exact) mass is 630 g/mol. The van der Waals surface area contributed by atoms with Crippen LogP contribution in [-0.4, -0.2) is 4.98 Å². The van der Waals surface area contributed by atoms with Crippen molar-refractivity contribution in [2.75, 3.05) is 4.90 Å². The molecule has 0 aliphatic carbocycles. The van der Waals surface area contributed by atoms with E-state index in [-0.39, 0.29) is 0 Å². The van der Waals surface area contributed by atoms with Crippen LogP contribution < -0.4 is 4.90 Å². The summed E-state index contributed by atoms with van der Waals surface area (Å²) in [6.45, 7) is 0. The summed E-state index contributed by atoms with van der Waals surface area (Å²) in [5.41, 5.74) is 9.24. The second-order valence-corrected chi connectivity index (χ2v) is 13.1. The van der Waals surface area contributed by atoms with Crippen LogP contribution in [-0.2, 0) is 0 Å². The molecule has 9 aromatic rings. The van der Waals surface area contributed by atoms with E-state index in [1.54, 1.807) is 0 Å². The summed E-state index contributed by atoms with van der Waals surface area (Å²) < 4.78 is 2.49. The Labute approximate surface area is 283 Å². The Morgan fingerprint density at radius 1 is 0.417 bits per heavy atom. The van der Waals surface area contributed by atoms with Crippen molar-refractivity contribution in [1.29, 1.82) is 0 Å². The van der Waals surface area contributed by atoms with Gasteiger partial charge in [-0.2, -0.15) is 0 Å². The predicted octanol–water partition coefficient (Wildman–Crippen LogP) is 13.1. The number of thiophene rings is 1. The van der Waals surface area contributed by atoms with E-state index in [0.717, 1.165) is 17.2 Å². The molecule has 9 rings (SSSR count). The molecule has 0 aliphatic rings. The van der Waals surface area contributed by atoms with Gasteiger partial charge in [0.2, 0.25) is 0 Å². The molecule has 48 heavy (non-hydrogen) atoms. The van der Waals surface area contributed by atoms with E-state index in [4.69, 9.17) is 4.98 Å². The van der Waals surface area contributed by atoms with E-state index >= 15 is 0 Å². The fraction of sp³-hybridized carbons (Fsp3) is 0. The maximum Gasteiger partial charge on any atom is 0.146 e. The SMILES string of the molecule is c1ccc(-c2ccc(N(c3ccc(-c4ccccc4)c(-c4ccccc4)c3)c3nccc4sc5cc6ccccc6cc5c34)cc2)cc1. The third-order valence-corrected chi connectivity index (χ3v) is 10.2. The summed E-state index contributed by atoms with van der Waals surface area (Å²) in [6.07, 6.45) is 1.95. The first-order valence-corrected chi connectivity index (χ1v) is 17.0. The fourth-order valence-corrected chi connectivity index (χ4v) is 7.91. The van der Waals surface area contributed by atoms with Crippen LogP contribution in [0.15, 0.2) is 182 Å². The van der Waals surface area contributed by atoms with Crippen molar-refractivity contribution in [1.82, 2.24) is 4.98 Å². The van der Waals surface area contributed by atoms with Crippen molar-refractivity contribution < 1.29 is 0 Å². The highest BCUT2D eigenvalue weighted by molar-refractivity contribution is 7.26. The van der Waals surface area contributed by atoms with Crippen LogP contribution in [0.25, 0.3) is 64.3 Å². The number of benzene rings is 7. The molecule has 0 bridgehead atoms. The average molecular weight is 631 g/mol. The second-order valence-electron chi connectivity index (χ2n) is 12.0. The Balaban J connectivity index is 1.30. The molecule has 2 heterocycles. The molecular formula is C45H30N2S. The van der Waals surface area contributed by atoms with Crippen LogP contribution in [0.4, 0.5) is 17.2 Å². The molecule has 0 amide bonds. The fourth-order valence-electron chi connectivity index (χ4n) is 6.78. The quantitative estimate of drug-likeness (QED) is 0.182. The molecule has 0 N–H and O–H groups in total. The lowest BCUT2D eigenvalue weighted by Crippen LogP contribution is -2.12. The van der Waals surface area contributed by atoms with Gasteiger partial charge >= 0.3 is 0 Å². The first-order chi connectivity index (χ1) is 23.8. The molecule has 2 aromatic heterocycles. The van der Waals surface area contributed by atoms with Crippen LogP contribution in [0.5, 0.6) is 0 Å². The van der Waals surface area contributed by atoms with Crippen molar-refractivity contribution in [2.24, 2.45) is 0 Å². The minimum absolute atomic E-state index is 0.924. The molecule has 3 heteroatoms. The Morgan fingerprint density at radius 3 is 1.67 bits per heavy atom. The van der Waals surface area contributed by atoms with E-state index in [2.05, 4.69) is 181 Å². The minimum Gasteiger partial charge on any atom is -0.294 e. The predicted molar refractivity (Wildman–Crippen MR) is 206 cm³/mol. The van der Waals surface area contributed by atoms with E-state index in [0.29, 0.717) is 0 Å². The molecule has 2 nitrogen and oxygen atoms in total. The summed E-state index contributed by atoms with van der Waals surface area (Å²) in [5, 5.41) is 4.89. The Kier molecular flexibility index (Phi) is 7.03. The minimum atomic E-state index is 0.924. The third-order valence-electron chi connectivity index (χ3n) is 9.11. The molecule has 0 unspecified atom stereocenters. The number of aromatic nitrogens is 1. The lowest BCUT2D eigenvalue weighted by Gasteiger charge is -2.27. The van der Waals surface area contributed by atoms with Gasteiger partial charge in [-0.1, -0.05) is 133 Å². The van der Waals surface area contributed by atoms with Crippen LogP contribution in [0.1, 0.15) is 0 Å². The number of nitrogens with zero attached hydrogens (tertiary/aromatic N) is 2. The largest absolute Gasteiger partial charge is 0.294 e. The smallest absolute Gasteiger partial charge is 0.146 e. The molecule has 0 fully saturated rings. The van der Waals surface area contributed by atoms with Gasteiger partial charge in [0, 0.05) is 37.7 Å². The number of anilines is 3. The summed E-state index contributed by atoms with van der Waals surface area (Å²) in [6, 6.07) is 63.0. The van der Waals surface area contributed by atoms with Crippen LogP contribution in [0, 0.1) is 0 Å². The van der Waals surface area contributed by atoms with E-state index < -0.39 is 0 Å². The topological polar surface area (TPSA) is 16.1 Å². The average Bonchev–Trinajstić information content (AvgIpc) is 3.53. The van der Waals surface area contributed by atoms with Crippen LogP contribution in [0.3, 0.4) is 0 Å². The van der Waals surface area contributed by atoms with Gasteiger partial charge in [0.1, 0.15) is 5.82 Å². The van der Waals surface area contributed by atoms with Gasteiger partial charge in [-0.05, 0) is 86.6 Å². The summed E-state index contributed by atoms with van der Waals surface area (Å²) in [5.74, 6) is 0.924. The first kappa shape index (κ1) is 28.2. The van der Waals surface area contributed by atoms with Gasteiger partial charge in [0.15, 0.2) is 0 Å². The highest BCUT2D eigenvalue weighted by Crippen LogP contribution is 2.46. The molecule has 0 saturated carbocycles. The maximum atomic E-state index is 5.16. The zero-order chi connectivity index (χ0) is 31.9. The number of pyridine rings is 1. The zero-order valence-corrected chi connectivity index (χ0v) is 26.9. The highest BCUT2D eigenvalue weighted by atomic mass is 32.1. The van der Waals surface area contributed by atoms with Crippen molar-refractivity contribution in [3.8, 4) is 33.4 Å². The van der Waals surface area contributed by atoms with E-state index in [1.807, 2.05) is 17.5 Å². The Morgan fingerprint density at radius 2 is 0.979 bits per heavy atom. The highest BCUT2D eigenvalue weighted by Gasteiger charge is 2.22. The summed E-state index contributed by atoms with van der Waals surface area (Å²) >= 11 is 1.83. The van der Waals surface area contributed by atoms with Crippen LogP contribution >= 0.6 is 11.3 Å². The van der Waals surface area contributed by atoms with Crippen molar-refractivity contribution in [3.63, 3.8) is 0 Å². The van der Waals surface area contributed by atoms with Gasteiger partial charge in [-0.25, -0.2) is 4.98 Å². The molecular weight excluding hydrogens is 601 g/mol. The summed E-state index contributed by atoms with van der Waals surface area (Å²) in [4.78, 5) is 7.49. The van der Waals surface area contributed by atoms with Gasteiger partial charge < -0.3 is 0 Å². The molecule has 226 valence electrons. The standard InChI is InChI=1S/C45H30N2S/c1-4-12-31(13-5-1)32-20-22-37(23-21-32)47(38-24-25-39(33-14-6-2-7-15-33)40(30-38)34-16-8-3-9-17-34)45-44-41-28-35-18-10-11-19-36(35)29-43(41)48-42(44)26-27-46-45/h1-30H. The van der Waals surface area contributed by atoms with Crippen molar-refractivity contribution >= 4 is 59.5 Å². The Hall–Kier alpha value is -6.03. The van der Waals surface area contributed by atoms with E-state index in [9.17, 15) is 0 Å². The number of hydrogen-bond acceptors (Lipinski definition) is 3. The second kappa shape index (κ2) is 12.0. The summed E-state index contributed by atoms with van der Waals surface area (Å²) in [7, 11) is 0. The molecule has 7 aromatic carbocycles. The lowest BCUT2D eigenvalue weighted by molar-refractivity contribution is 1.20. The third kappa shape index (κ3) is 5.02. The Bertz CT molecular complexity index is 2540. The molecule has 0 radical (unpaired) electrons. The number of fused-ring (bicyclic) bond motifs is 4. The van der Waals surface area contributed by atoms with Gasteiger partial charge in [0.25, 0.3) is 0 Å². The molecule has 0 aliphatic heterocycles. The molecule has 0 spiro atoms. The first-order valence-electron chi connectivity index (χ1n) is 16.2. The van der Waals surface area contributed by atoms with Crippen LogP contribution in [0.2, 0.25) is 0 Å². The van der Waals surface area contributed by atoms with Gasteiger partial charge in [0.05, 0.1) is 0 Å². The number of hydrogen-bond donors (Lipinski definition) is 0. The van der Waals surface area contributed by atoms with Gasteiger partial charge in [-0.3, -0.25) is 4.90 Å². The number of rotatable bonds is 6. The zero-order valence-electron chi connectivity index (χ0n) is 26.1. The normalized spacial score (nSPS) is 11.3. The maximum absolute atomic E-state index is 5.16. The lowest BCUT2D eigenvalue weighted by atomic mass is 9.93. The van der Waals surface area contributed by atoms with Crippen molar-refractivity contribution in [3.05, 3.63) is 182 Å².